The minimum Gasteiger partial charge on any atom is -0.237 e. The SMILES string of the molecule is CC(C)(C)c1ncc2ccc(Br)n2n1. The first-order valence-corrected chi connectivity index (χ1v) is 5.28. The molecule has 2 rings (SSSR count). The van der Waals surface area contributed by atoms with Crippen molar-refractivity contribution in [3.63, 3.8) is 0 Å². The number of nitrogens with zero attached hydrogens (tertiary/aromatic N) is 3. The molecule has 4 heteroatoms. The third kappa shape index (κ3) is 1.54. The summed E-state index contributed by atoms with van der Waals surface area (Å²) in [4.78, 5) is 4.34. The zero-order chi connectivity index (χ0) is 10.3. The van der Waals surface area contributed by atoms with E-state index in [2.05, 4.69) is 46.8 Å². The maximum atomic E-state index is 4.46. The Kier molecular flexibility index (Phi) is 2.10. The fourth-order valence-electron chi connectivity index (χ4n) is 1.21. The van der Waals surface area contributed by atoms with Gasteiger partial charge in [-0.2, -0.15) is 5.10 Å². The highest BCUT2D eigenvalue weighted by molar-refractivity contribution is 9.10. The molecule has 0 bridgehead atoms. The molecule has 0 fully saturated rings. The lowest BCUT2D eigenvalue weighted by atomic mass is 9.96. The Hall–Kier alpha value is -0.900. The summed E-state index contributed by atoms with van der Waals surface area (Å²) in [7, 11) is 0. The minimum absolute atomic E-state index is 0.0160. The molecule has 0 unspecified atom stereocenters. The van der Waals surface area contributed by atoms with E-state index in [1.165, 1.54) is 0 Å². The number of hydrogen-bond acceptors (Lipinski definition) is 2. The molecule has 0 spiro atoms. The molecule has 0 saturated heterocycles. The summed E-state index contributed by atoms with van der Waals surface area (Å²) in [6.45, 7) is 6.31. The van der Waals surface area contributed by atoms with Crippen molar-refractivity contribution in [2.24, 2.45) is 0 Å². The molecule has 74 valence electrons. The molecule has 0 radical (unpaired) electrons. The van der Waals surface area contributed by atoms with Gasteiger partial charge in [0.25, 0.3) is 0 Å². The van der Waals surface area contributed by atoms with Crippen LogP contribution in [0.1, 0.15) is 26.6 Å². The molecule has 0 N–H and O–H groups in total. The first kappa shape index (κ1) is 9.65. The lowest BCUT2D eigenvalue weighted by Crippen LogP contribution is -2.17. The third-order valence-electron chi connectivity index (χ3n) is 2.02. The van der Waals surface area contributed by atoms with Crippen molar-refractivity contribution in [2.45, 2.75) is 26.2 Å². The topological polar surface area (TPSA) is 30.2 Å². The molecule has 0 aliphatic rings. The zero-order valence-electron chi connectivity index (χ0n) is 8.45. The summed E-state index contributed by atoms with van der Waals surface area (Å²) in [5, 5.41) is 4.46. The Balaban J connectivity index is 2.66. The van der Waals surface area contributed by atoms with E-state index in [9.17, 15) is 0 Å². The second-order valence-electron chi connectivity index (χ2n) is 4.32. The molecule has 0 aliphatic heterocycles. The molecule has 2 aromatic rings. The fourth-order valence-corrected chi connectivity index (χ4v) is 1.63. The lowest BCUT2D eigenvalue weighted by molar-refractivity contribution is 0.528. The van der Waals surface area contributed by atoms with E-state index < -0.39 is 0 Å². The molecular formula is C10H12BrN3. The van der Waals surface area contributed by atoms with Gasteiger partial charge in [0.05, 0.1) is 11.7 Å². The Morgan fingerprint density at radius 1 is 1.29 bits per heavy atom. The van der Waals surface area contributed by atoms with Gasteiger partial charge in [0, 0.05) is 5.41 Å². The molecule has 0 aliphatic carbocycles. The zero-order valence-corrected chi connectivity index (χ0v) is 10.0. The van der Waals surface area contributed by atoms with Gasteiger partial charge < -0.3 is 0 Å². The predicted molar refractivity (Wildman–Crippen MR) is 59.4 cm³/mol. The summed E-state index contributed by atoms with van der Waals surface area (Å²) in [6.07, 6.45) is 1.85. The van der Waals surface area contributed by atoms with Gasteiger partial charge in [-0.05, 0) is 28.1 Å². The normalized spacial score (nSPS) is 12.3. The van der Waals surface area contributed by atoms with Gasteiger partial charge >= 0.3 is 0 Å². The molecule has 0 aromatic carbocycles. The Bertz CT molecular complexity index is 468. The van der Waals surface area contributed by atoms with E-state index in [-0.39, 0.29) is 5.41 Å². The van der Waals surface area contributed by atoms with E-state index in [0.29, 0.717) is 0 Å². The molecule has 0 saturated carbocycles. The van der Waals surface area contributed by atoms with Crippen molar-refractivity contribution >= 4 is 21.4 Å². The van der Waals surface area contributed by atoms with Crippen molar-refractivity contribution in [3.05, 3.63) is 28.8 Å². The highest BCUT2D eigenvalue weighted by atomic mass is 79.9. The van der Waals surface area contributed by atoms with Crippen LogP contribution in [0.25, 0.3) is 5.52 Å². The number of fused-ring (bicyclic) bond motifs is 1. The lowest BCUT2D eigenvalue weighted by Gasteiger charge is -2.15. The van der Waals surface area contributed by atoms with E-state index in [1.54, 1.807) is 0 Å². The number of rotatable bonds is 0. The fraction of sp³-hybridized carbons (Fsp3) is 0.400. The smallest absolute Gasteiger partial charge is 0.154 e. The summed E-state index contributed by atoms with van der Waals surface area (Å²) in [6, 6.07) is 3.95. The van der Waals surface area contributed by atoms with Gasteiger partial charge in [0.15, 0.2) is 5.82 Å². The molecular weight excluding hydrogens is 242 g/mol. The molecule has 2 heterocycles. The highest BCUT2D eigenvalue weighted by Gasteiger charge is 2.18. The van der Waals surface area contributed by atoms with Crippen LogP contribution in [0.4, 0.5) is 0 Å². The van der Waals surface area contributed by atoms with Crippen molar-refractivity contribution < 1.29 is 0 Å². The maximum Gasteiger partial charge on any atom is 0.154 e. The molecule has 0 amide bonds. The predicted octanol–water partition coefficient (Wildman–Crippen LogP) is 2.79. The van der Waals surface area contributed by atoms with Crippen molar-refractivity contribution in [2.75, 3.05) is 0 Å². The number of aromatic nitrogens is 3. The molecule has 14 heavy (non-hydrogen) atoms. The second-order valence-corrected chi connectivity index (χ2v) is 5.14. The van der Waals surface area contributed by atoms with Gasteiger partial charge in [0.2, 0.25) is 0 Å². The summed E-state index contributed by atoms with van der Waals surface area (Å²) < 4.78 is 2.81. The maximum absolute atomic E-state index is 4.46. The quantitative estimate of drug-likeness (QED) is 0.723. The van der Waals surface area contributed by atoms with Crippen LogP contribution >= 0.6 is 15.9 Å². The van der Waals surface area contributed by atoms with E-state index in [4.69, 9.17) is 0 Å². The Labute approximate surface area is 91.3 Å². The largest absolute Gasteiger partial charge is 0.237 e. The minimum atomic E-state index is -0.0160. The third-order valence-corrected chi connectivity index (χ3v) is 2.62. The van der Waals surface area contributed by atoms with Crippen LogP contribution in [0.5, 0.6) is 0 Å². The average Bonchev–Trinajstić information content (AvgIpc) is 2.46. The monoisotopic (exact) mass is 253 g/mol. The van der Waals surface area contributed by atoms with E-state index in [0.717, 1.165) is 15.9 Å². The summed E-state index contributed by atoms with van der Waals surface area (Å²) in [5.74, 6) is 0.849. The van der Waals surface area contributed by atoms with Crippen LogP contribution in [0.15, 0.2) is 22.9 Å². The van der Waals surface area contributed by atoms with Gasteiger partial charge in [-0.25, -0.2) is 9.50 Å². The van der Waals surface area contributed by atoms with E-state index in [1.807, 2.05) is 22.8 Å². The van der Waals surface area contributed by atoms with Crippen LogP contribution in [0.2, 0.25) is 0 Å². The number of hydrogen-bond donors (Lipinski definition) is 0. The highest BCUT2D eigenvalue weighted by Crippen LogP contribution is 2.20. The first-order chi connectivity index (χ1) is 6.48. The van der Waals surface area contributed by atoms with Crippen molar-refractivity contribution in [3.8, 4) is 0 Å². The first-order valence-electron chi connectivity index (χ1n) is 4.49. The van der Waals surface area contributed by atoms with Crippen molar-refractivity contribution in [1.82, 2.24) is 14.6 Å². The van der Waals surface area contributed by atoms with Crippen LogP contribution in [-0.4, -0.2) is 14.6 Å². The standard InChI is InChI=1S/C10H12BrN3/c1-10(2,3)9-12-6-7-4-5-8(11)14(7)13-9/h4-6H,1-3H3. The molecule has 0 atom stereocenters. The second kappa shape index (κ2) is 3.05. The van der Waals surface area contributed by atoms with Crippen LogP contribution < -0.4 is 0 Å². The van der Waals surface area contributed by atoms with E-state index >= 15 is 0 Å². The Morgan fingerprint density at radius 3 is 2.64 bits per heavy atom. The summed E-state index contributed by atoms with van der Waals surface area (Å²) in [5.41, 5.74) is 0.989. The van der Waals surface area contributed by atoms with Gasteiger partial charge in [-0.1, -0.05) is 20.8 Å². The van der Waals surface area contributed by atoms with Crippen LogP contribution in [0, 0.1) is 0 Å². The van der Waals surface area contributed by atoms with Crippen LogP contribution in [-0.2, 0) is 5.41 Å². The number of halogens is 1. The van der Waals surface area contributed by atoms with Crippen LogP contribution in [0.3, 0.4) is 0 Å². The average molecular weight is 254 g/mol. The molecule has 2 aromatic heterocycles. The summed E-state index contributed by atoms with van der Waals surface area (Å²) >= 11 is 3.44. The van der Waals surface area contributed by atoms with Gasteiger partial charge in [0.1, 0.15) is 4.60 Å². The van der Waals surface area contributed by atoms with Gasteiger partial charge in [-0.15, -0.1) is 0 Å². The Morgan fingerprint density at radius 2 is 2.00 bits per heavy atom. The van der Waals surface area contributed by atoms with Gasteiger partial charge in [-0.3, -0.25) is 0 Å². The van der Waals surface area contributed by atoms with Crippen molar-refractivity contribution in [1.29, 1.82) is 0 Å². The molecule has 3 nitrogen and oxygen atoms in total.